The van der Waals surface area contributed by atoms with Gasteiger partial charge in [0, 0.05) is 26.8 Å². The third-order valence-corrected chi connectivity index (χ3v) is 1.68. The van der Waals surface area contributed by atoms with Gasteiger partial charge in [-0.1, -0.05) is 0 Å². The molecule has 0 aliphatic carbocycles. The summed E-state index contributed by atoms with van der Waals surface area (Å²) in [4.78, 5) is 10.8. The number of hydrogen-bond acceptors (Lipinski definition) is 4. The highest BCUT2D eigenvalue weighted by Crippen LogP contribution is 1.92. The van der Waals surface area contributed by atoms with Crippen molar-refractivity contribution in [2.75, 3.05) is 26.9 Å². The van der Waals surface area contributed by atoms with Crippen molar-refractivity contribution >= 4 is 5.91 Å². The van der Waals surface area contributed by atoms with Crippen molar-refractivity contribution in [1.29, 1.82) is 0 Å². The van der Waals surface area contributed by atoms with Gasteiger partial charge in [-0.05, 0) is 19.4 Å². The summed E-state index contributed by atoms with van der Waals surface area (Å²) in [5.41, 5.74) is 5.22. The second-order valence-corrected chi connectivity index (χ2v) is 2.76. The predicted molar refractivity (Wildman–Crippen MR) is 53.0 cm³/mol. The van der Waals surface area contributed by atoms with E-state index in [4.69, 9.17) is 5.73 Å². The number of nitrogens with one attached hydrogen (secondary N) is 3. The van der Waals surface area contributed by atoms with Crippen molar-refractivity contribution in [3.8, 4) is 0 Å². The van der Waals surface area contributed by atoms with E-state index < -0.39 is 0 Å². The molecule has 0 aromatic heterocycles. The molecule has 0 aromatic carbocycles. The maximum absolute atomic E-state index is 10.8. The second-order valence-electron chi connectivity index (χ2n) is 2.76. The summed E-state index contributed by atoms with van der Waals surface area (Å²) in [5.74, 6) is 0.111. The van der Waals surface area contributed by atoms with Crippen LogP contribution in [0.3, 0.4) is 0 Å². The monoisotopic (exact) mass is 188 g/mol. The van der Waals surface area contributed by atoms with Crippen LogP contribution in [-0.2, 0) is 4.79 Å². The molecule has 0 aliphatic heterocycles. The Morgan fingerprint density at radius 1 is 1.31 bits per heavy atom. The minimum Gasteiger partial charge on any atom is -0.359 e. The van der Waals surface area contributed by atoms with E-state index >= 15 is 0 Å². The Balaban J connectivity index is 2.95. The van der Waals surface area contributed by atoms with Gasteiger partial charge in [0.2, 0.25) is 5.91 Å². The lowest BCUT2D eigenvalue weighted by Gasteiger charge is -2.04. The number of carbonyl (C=O) groups excluding carboxylic acids is 1. The third kappa shape index (κ3) is 9.26. The summed E-state index contributed by atoms with van der Waals surface area (Å²) >= 11 is 0. The van der Waals surface area contributed by atoms with E-state index in [2.05, 4.69) is 16.0 Å². The third-order valence-electron chi connectivity index (χ3n) is 1.68. The van der Waals surface area contributed by atoms with Gasteiger partial charge >= 0.3 is 0 Å². The van der Waals surface area contributed by atoms with E-state index in [1.54, 1.807) is 7.05 Å². The lowest BCUT2D eigenvalue weighted by atomic mass is 10.2. The first-order valence-corrected chi connectivity index (χ1v) is 4.63. The van der Waals surface area contributed by atoms with Crippen LogP contribution < -0.4 is 21.7 Å². The zero-order valence-electron chi connectivity index (χ0n) is 8.23. The second kappa shape index (κ2) is 9.44. The molecule has 0 heterocycles. The van der Waals surface area contributed by atoms with Gasteiger partial charge in [-0.2, -0.15) is 0 Å². The van der Waals surface area contributed by atoms with Gasteiger partial charge < -0.3 is 16.4 Å². The largest absolute Gasteiger partial charge is 0.359 e. The Bertz CT molecular complexity index is 129. The standard InChI is InChI=1S/C8H20N4O/c1-10-8(13)4-2-3-5-11-7-12-6-9/h11-12H,2-7,9H2,1H3,(H,10,13). The summed E-state index contributed by atoms with van der Waals surface area (Å²) in [6.07, 6.45) is 2.55. The summed E-state index contributed by atoms with van der Waals surface area (Å²) in [5, 5.41) is 8.69. The van der Waals surface area contributed by atoms with Gasteiger partial charge in [0.15, 0.2) is 0 Å². The van der Waals surface area contributed by atoms with Crippen molar-refractivity contribution in [3.05, 3.63) is 0 Å². The van der Waals surface area contributed by atoms with Crippen molar-refractivity contribution < 1.29 is 4.79 Å². The molecule has 0 atom stereocenters. The molecule has 0 unspecified atom stereocenters. The number of rotatable bonds is 8. The molecule has 0 radical (unpaired) electrons. The number of unbranched alkanes of at least 4 members (excludes halogenated alkanes) is 1. The highest BCUT2D eigenvalue weighted by molar-refractivity contribution is 5.75. The van der Waals surface area contributed by atoms with Crippen molar-refractivity contribution in [2.24, 2.45) is 5.73 Å². The number of amides is 1. The fourth-order valence-electron chi connectivity index (χ4n) is 0.910. The summed E-state index contributed by atoms with van der Waals surface area (Å²) in [6, 6.07) is 0. The van der Waals surface area contributed by atoms with Gasteiger partial charge in [-0.3, -0.25) is 10.1 Å². The van der Waals surface area contributed by atoms with Gasteiger partial charge in [-0.25, -0.2) is 0 Å². The highest BCUT2D eigenvalue weighted by atomic mass is 16.1. The smallest absolute Gasteiger partial charge is 0.219 e. The average Bonchev–Trinajstić information content (AvgIpc) is 2.16. The molecule has 78 valence electrons. The minimum atomic E-state index is 0.111. The molecule has 0 aliphatic rings. The van der Waals surface area contributed by atoms with E-state index in [0.717, 1.165) is 26.1 Å². The molecule has 0 spiro atoms. The van der Waals surface area contributed by atoms with Crippen LogP contribution >= 0.6 is 0 Å². The SMILES string of the molecule is CNC(=O)CCCCNCNCN. The Labute approximate surface area is 79.4 Å². The first-order chi connectivity index (χ1) is 6.31. The normalized spacial score (nSPS) is 10.0. The Morgan fingerprint density at radius 3 is 2.69 bits per heavy atom. The maximum Gasteiger partial charge on any atom is 0.219 e. The molecule has 1 amide bonds. The summed E-state index contributed by atoms with van der Waals surface area (Å²) < 4.78 is 0. The van der Waals surface area contributed by atoms with Crippen LogP contribution in [0.25, 0.3) is 0 Å². The van der Waals surface area contributed by atoms with Gasteiger partial charge in [0.1, 0.15) is 0 Å². The Kier molecular flexibility index (Phi) is 8.97. The van der Waals surface area contributed by atoms with Crippen LogP contribution in [0.1, 0.15) is 19.3 Å². The lowest BCUT2D eigenvalue weighted by Crippen LogP contribution is -2.33. The van der Waals surface area contributed by atoms with E-state index in [0.29, 0.717) is 13.1 Å². The van der Waals surface area contributed by atoms with Gasteiger partial charge in [0.25, 0.3) is 0 Å². The van der Waals surface area contributed by atoms with Crippen LogP contribution in [0.5, 0.6) is 0 Å². The zero-order chi connectivity index (χ0) is 9.94. The molecule has 13 heavy (non-hydrogen) atoms. The van der Waals surface area contributed by atoms with Crippen LogP contribution in [0.2, 0.25) is 0 Å². The van der Waals surface area contributed by atoms with Gasteiger partial charge in [0.05, 0.1) is 0 Å². The molecular weight excluding hydrogens is 168 g/mol. The molecule has 0 fully saturated rings. The van der Waals surface area contributed by atoms with Gasteiger partial charge in [-0.15, -0.1) is 0 Å². The molecule has 5 N–H and O–H groups in total. The van der Waals surface area contributed by atoms with Crippen LogP contribution in [-0.4, -0.2) is 32.8 Å². The maximum atomic E-state index is 10.8. The minimum absolute atomic E-state index is 0.111. The average molecular weight is 188 g/mol. The van der Waals surface area contributed by atoms with E-state index in [1.165, 1.54) is 0 Å². The fourth-order valence-corrected chi connectivity index (χ4v) is 0.910. The van der Waals surface area contributed by atoms with Crippen LogP contribution in [0.4, 0.5) is 0 Å². The molecular formula is C8H20N4O. The van der Waals surface area contributed by atoms with Crippen molar-refractivity contribution in [3.63, 3.8) is 0 Å². The molecule has 0 bridgehead atoms. The molecule has 0 aromatic rings. The Morgan fingerprint density at radius 2 is 2.08 bits per heavy atom. The quantitative estimate of drug-likeness (QED) is 0.290. The van der Waals surface area contributed by atoms with E-state index in [9.17, 15) is 4.79 Å². The molecule has 5 heteroatoms. The zero-order valence-corrected chi connectivity index (χ0v) is 8.23. The lowest BCUT2D eigenvalue weighted by molar-refractivity contribution is -0.120. The number of nitrogens with two attached hydrogens (primary N) is 1. The Hall–Kier alpha value is -0.650. The van der Waals surface area contributed by atoms with Crippen LogP contribution in [0, 0.1) is 0 Å². The van der Waals surface area contributed by atoms with Crippen molar-refractivity contribution in [1.82, 2.24) is 16.0 Å². The molecule has 0 rings (SSSR count). The first kappa shape index (κ1) is 12.3. The molecule has 0 saturated carbocycles. The van der Waals surface area contributed by atoms with E-state index in [-0.39, 0.29) is 5.91 Å². The van der Waals surface area contributed by atoms with E-state index in [1.807, 2.05) is 0 Å². The molecule has 0 saturated heterocycles. The topological polar surface area (TPSA) is 79.2 Å². The van der Waals surface area contributed by atoms with Crippen molar-refractivity contribution in [2.45, 2.75) is 19.3 Å². The fraction of sp³-hybridized carbons (Fsp3) is 0.875. The van der Waals surface area contributed by atoms with Crippen LogP contribution in [0.15, 0.2) is 0 Å². The highest BCUT2D eigenvalue weighted by Gasteiger charge is 1.95. The summed E-state index contributed by atoms with van der Waals surface area (Å²) in [7, 11) is 1.66. The number of hydrogen-bond donors (Lipinski definition) is 4. The summed E-state index contributed by atoms with van der Waals surface area (Å²) in [6.45, 7) is 2.14. The molecule has 5 nitrogen and oxygen atoms in total. The first-order valence-electron chi connectivity index (χ1n) is 4.63. The number of carbonyl (C=O) groups is 1. The predicted octanol–water partition coefficient (Wildman–Crippen LogP) is -1.04.